The van der Waals surface area contributed by atoms with Crippen molar-refractivity contribution in [2.24, 2.45) is 0 Å². The third-order valence-electron chi connectivity index (χ3n) is 6.70. The van der Waals surface area contributed by atoms with Crippen LogP contribution in [-0.2, 0) is 8.85 Å². The Morgan fingerprint density at radius 3 is 1.38 bits per heavy atom. The van der Waals surface area contributed by atoms with Crippen LogP contribution in [-0.4, -0.2) is 50.2 Å². The summed E-state index contributed by atoms with van der Waals surface area (Å²) in [4.78, 5) is 0. The average Bonchev–Trinajstić information content (AvgIpc) is 2.40. The highest BCUT2D eigenvalue weighted by molar-refractivity contribution is 6.93. The van der Waals surface area contributed by atoms with Crippen molar-refractivity contribution in [3.63, 3.8) is 0 Å². The SMILES string of the molecule is CCC(C[SiH](OC)OC)N([Si](C)(C)C(C)(C)C)[Si](C)(C)C(C)(C)C. The van der Waals surface area contributed by atoms with Crippen LogP contribution in [0.1, 0.15) is 54.9 Å². The first-order chi connectivity index (χ1) is 10.6. The van der Waals surface area contributed by atoms with Gasteiger partial charge in [0.05, 0.1) is 0 Å². The average molecular weight is 392 g/mol. The van der Waals surface area contributed by atoms with Gasteiger partial charge in [0.15, 0.2) is 0 Å². The first-order valence-electron chi connectivity index (χ1n) is 9.43. The summed E-state index contributed by atoms with van der Waals surface area (Å²) in [5, 5.41) is 0.681. The molecule has 1 atom stereocenters. The van der Waals surface area contributed by atoms with E-state index >= 15 is 0 Å². The van der Waals surface area contributed by atoms with Gasteiger partial charge in [0, 0.05) is 20.3 Å². The van der Waals surface area contributed by atoms with Crippen molar-refractivity contribution in [1.82, 2.24) is 4.23 Å². The predicted molar refractivity (Wildman–Crippen MR) is 116 cm³/mol. The number of hydrogen-bond donors (Lipinski definition) is 0. The van der Waals surface area contributed by atoms with Gasteiger partial charge in [-0.05, 0) is 22.5 Å². The second kappa shape index (κ2) is 8.48. The number of hydrogen-bond acceptors (Lipinski definition) is 3. The van der Waals surface area contributed by atoms with Crippen LogP contribution < -0.4 is 0 Å². The minimum Gasteiger partial charge on any atom is -0.400 e. The molecule has 0 N–H and O–H groups in total. The van der Waals surface area contributed by atoms with Gasteiger partial charge in [-0.15, -0.1) is 0 Å². The molecule has 0 spiro atoms. The zero-order valence-electron chi connectivity index (χ0n) is 18.8. The van der Waals surface area contributed by atoms with E-state index in [1.807, 2.05) is 14.2 Å². The van der Waals surface area contributed by atoms with Gasteiger partial charge in [-0.25, -0.2) is 0 Å². The Bertz CT molecular complexity index is 357. The molecule has 0 aromatic carbocycles. The van der Waals surface area contributed by atoms with Gasteiger partial charge in [-0.2, -0.15) is 0 Å². The molecular weight excluding hydrogens is 346 g/mol. The van der Waals surface area contributed by atoms with E-state index in [0.717, 1.165) is 6.04 Å². The monoisotopic (exact) mass is 391 g/mol. The normalized spacial score (nSPS) is 16.1. The molecule has 0 aliphatic carbocycles. The standard InChI is InChI=1S/C18H45NO2Si3/c1-14-16(15-22(20-8)21-9)19(23(10,11)17(2,3)4)24(12,13)18(5,6)7/h16,22H,14-15H2,1-13H3. The largest absolute Gasteiger partial charge is 0.400 e. The molecule has 146 valence electrons. The first kappa shape index (κ1) is 24.5. The topological polar surface area (TPSA) is 21.7 Å². The maximum absolute atomic E-state index is 5.70. The van der Waals surface area contributed by atoms with Crippen molar-refractivity contribution in [1.29, 1.82) is 0 Å². The van der Waals surface area contributed by atoms with Crippen LogP contribution in [0.25, 0.3) is 0 Å². The lowest BCUT2D eigenvalue weighted by Crippen LogP contribution is -2.71. The summed E-state index contributed by atoms with van der Waals surface area (Å²) >= 11 is 0. The van der Waals surface area contributed by atoms with Crippen molar-refractivity contribution >= 4 is 25.8 Å². The molecule has 6 heteroatoms. The molecule has 24 heavy (non-hydrogen) atoms. The molecule has 0 heterocycles. The van der Waals surface area contributed by atoms with Gasteiger partial charge in [-0.3, -0.25) is 0 Å². The van der Waals surface area contributed by atoms with E-state index < -0.39 is 25.8 Å². The smallest absolute Gasteiger partial charge is 0.322 e. The summed E-state index contributed by atoms with van der Waals surface area (Å²) in [7, 11) is -1.24. The summed E-state index contributed by atoms with van der Waals surface area (Å²) in [6, 6.07) is 1.66. The summed E-state index contributed by atoms with van der Waals surface area (Å²) in [5.74, 6) is 0. The highest BCUT2D eigenvalue weighted by Gasteiger charge is 2.53. The second-order valence-electron chi connectivity index (χ2n) is 10.2. The van der Waals surface area contributed by atoms with E-state index in [1.165, 1.54) is 6.42 Å². The molecule has 0 radical (unpaired) electrons. The summed E-state index contributed by atoms with van der Waals surface area (Å²) in [6.07, 6.45) is 1.18. The first-order valence-corrected chi connectivity index (χ1v) is 17.1. The molecule has 0 rings (SSSR count). The molecule has 0 amide bonds. The van der Waals surface area contributed by atoms with E-state index in [4.69, 9.17) is 8.85 Å². The number of nitrogens with zero attached hydrogens (tertiary/aromatic N) is 1. The van der Waals surface area contributed by atoms with E-state index in [1.54, 1.807) is 0 Å². The summed E-state index contributed by atoms with van der Waals surface area (Å²) < 4.78 is 14.5. The minimum absolute atomic E-state index is 0.340. The van der Waals surface area contributed by atoms with E-state index in [9.17, 15) is 0 Å². The van der Waals surface area contributed by atoms with Crippen LogP contribution in [0.2, 0.25) is 42.3 Å². The van der Waals surface area contributed by atoms with Crippen LogP contribution in [0.5, 0.6) is 0 Å². The van der Waals surface area contributed by atoms with E-state index in [-0.39, 0.29) is 0 Å². The summed E-state index contributed by atoms with van der Waals surface area (Å²) in [6.45, 7) is 27.3. The van der Waals surface area contributed by atoms with Crippen LogP contribution in [0.15, 0.2) is 0 Å². The maximum Gasteiger partial charge on any atom is 0.322 e. The van der Waals surface area contributed by atoms with Gasteiger partial charge in [0.1, 0.15) is 16.5 Å². The van der Waals surface area contributed by atoms with Crippen LogP contribution >= 0.6 is 0 Å². The minimum atomic E-state index is -1.65. The molecule has 1 unspecified atom stereocenters. The molecule has 0 saturated carbocycles. The molecule has 0 saturated heterocycles. The molecular formula is C18H45NO2Si3. The fourth-order valence-electron chi connectivity index (χ4n) is 3.30. The Kier molecular flexibility index (Phi) is 8.67. The van der Waals surface area contributed by atoms with Crippen LogP contribution in [0.4, 0.5) is 0 Å². The van der Waals surface area contributed by atoms with Gasteiger partial charge in [-0.1, -0.05) is 74.7 Å². The predicted octanol–water partition coefficient (Wildman–Crippen LogP) is 5.59. The third kappa shape index (κ3) is 5.27. The van der Waals surface area contributed by atoms with Crippen molar-refractivity contribution < 1.29 is 8.85 Å². The molecule has 0 aromatic rings. The van der Waals surface area contributed by atoms with Gasteiger partial charge in [0.25, 0.3) is 0 Å². The molecule has 0 aliphatic heterocycles. The zero-order valence-corrected chi connectivity index (χ0v) is 22.0. The lowest BCUT2D eigenvalue weighted by molar-refractivity contribution is 0.264. The fraction of sp³-hybridized carbons (Fsp3) is 1.00. The van der Waals surface area contributed by atoms with Crippen molar-refractivity contribution in [3.05, 3.63) is 0 Å². The van der Waals surface area contributed by atoms with E-state index in [0.29, 0.717) is 16.1 Å². The Labute approximate surface area is 156 Å². The number of rotatable bonds is 8. The third-order valence-corrected chi connectivity index (χ3v) is 22.5. The van der Waals surface area contributed by atoms with Crippen molar-refractivity contribution in [3.8, 4) is 0 Å². The molecule has 0 aliphatic rings. The zero-order chi connectivity index (χ0) is 19.6. The quantitative estimate of drug-likeness (QED) is 0.503. The Morgan fingerprint density at radius 1 is 0.833 bits per heavy atom. The molecule has 0 fully saturated rings. The van der Waals surface area contributed by atoms with Crippen molar-refractivity contribution in [2.45, 2.75) is 103 Å². The Balaban J connectivity index is 6.14. The molecule has 3 nitrogen and oxygen atoms in total. The van der Waals surface area contributed by atoms with Crippen LogP contribution in [0, 0.1) is 0 Å². The highest BCUT2D eigenvalue weighted by atomic mass is 28.4. The lowest BCUT2D eigenvalue weighted by Gasteiger charge is -2.60. The van der Waals surface area contributed by atoms with Crippen molar-refractivity contribution in [2.75, 3.05) is 14.2 Å². The van der Waals surface area contributed by atoms with Crippen LogP contribution in [0.3, 0.4) is 0 Å². The summed E-state index contributed by atoms with van der Waals surface area (Å²) in [5.41, 5.74) is 0. The van der Waals surface area contributed by atoms with Gasteiger partial charge < -0.3 is 13.1 Å². The van der Waals surface area contributed by atoms with Gasteiger partial charge in [0.2, 0.25) is 0 Å². The Morgan fingerprint density at radius 2 is 1.17 bits per heavy atom. The molecule has 0 bridgehead atoms. The second-order valence-corrected chi connectivity index (χ2v) is 23.1. The van der Waals surface area contributed by atoms with Gasteiger partial charge >= 0.3 is 9.28 Å². The molecule has 0 aromatic heterocycles. The van der Waals surface area contributed by atoms with E-state index in [2.05, 4.69) is 78.9 Å². The fourth-order valence-corrected chi connectivity index (χ4v) is 16.7. The lowest BCUT2D eigenvalue weighted by atomic mass is 10.2. The Hall–Kier alpha value is 0.531. The maximum atomic E-state index is 5.70. The highest BCUT2D eigenvalue weighted by Crippen LogP contribution is 2.48.